The fourth-order valence-corrected chi connectivity index (χ4v) is 4.90. The van der Waals surface area contributed by atoms with E-state index in [1.54, 1.807) is 7.11 Å². The normalized spacial score (nSPS) is 37.8. The average Bonchev–Trinajstić information content (AvgIpc) is 3.62. The van der Waals surface area contributed by atoms with Gasteiger partial charge in [0.25, 0.3) is 0 Å². The van der Waals surface area contributed by atoms with E-state index in [2.05, 4.69) is 24.4 Å². The zero-order valence-corrected chi connectivity index (χ0v) is 17.3. The molecule has 0 radical (unpaired) electrons. The molecule has 1 spiro atoms. The fourth-order valence-electron chi connectivity index (χ4n) is 4.83. The summed E-state index contributed by atoms with van der Waals surface area (Å²) in [6, 6.07) is 10.2. The van der Waals surface area contributed by atoms with Crippen LogP contribution in [0.15, 0.2) is 30.3 Å². The van der Waals surface area contributed by atoms with Crippen LogP contribution >= 0.6 is 11.6 Å². The van der Waals surface area contributed by atoms with Gasteiger partial charge in [0, 0.05) is 13.5 Å². The molecule has 7 nitrogen and oxygen atoms in total. The van der Waals surface area contributed by atoms with Gasteiger partial charge in [-0.05, 0) is 25.3 Å². The van der Waals surface area contributed by atoms with E-state index in [4.69, 9.17) is 30.5 Å². The third kappa shape index (κ3) is 4.01. The minimum Gasteiger partial charge on any atom is -0.443 e. The number of halogens is 1. The largest absolute Gasteiger partial charge is 0.443 e. The van der Waals surface area contributed by atoms with Crippen LogP contribution in [0.2, 0.25) is 0 Å². The number of alkyl halides is 1. The number of epoxide rings is 2. The van der Waals surface area contributed by atoms with E-state index in [-0.39, 0.29) is 23.5 Å². The first-order chi connectivity index (χ1) is 13.9. The summed E-state index contributed by atoms with van der Waals surface area (Å²) in [7, 11) is 1.61. The molecule has 2 saturated heterocycles. The van der Waals surface area contributed by atoms with Gasteiger partial charge in [-0.15, -0.1) is 11.6 Å². The van der Waals surface area contributed by atoms with Crippen molar-refractivity contribution in [1.82, 2.24) is 5.32 Å². The van der Waals surface area contributed by atoms with E-state index in [1.165, 1.54) is 5.56 Å². The highest BCUT2D eigenvalue weighted by Crippen LogP contribution is 2.59. The van der Waals surface area contributed by atoms with Gasteiger partial charge in [0.15, 0.2) is 0 Å². The summed E-state index contributed by atoms with van der Waals surface area (Å²) in [6.45, 7) is 2.73. The molecule has 29 heavy (non-hydrogen) atoms. The monoisotopic (exact) mass is 423 g/mol. The van der Waals surface area contributed by atoms with E-state index in [0.29, 0.717) is 13.0 Å². The molecule has 1 N–H and O–H groups in total. The Kier molecular flexibility index (Phi) is 5.59. The van der Waals surface area contributed by atoms with Gasteiger partial charge in [-0.2, -0.15) is 0 Å². The first kappa shape index (κ1) is 20.6. The van der Waals surface area contributed by atoms with Crippen molar-refractivity contribution in [3.8, 4) is 0 Å². The number of hydrogen-bond acceptors (Lipinski definition) is 6. The second-order valence-electron chi connectivity index (χ2n) is 8.18. The van der Waals surface area contributed by atoms with Crippen LogP contribution in [0, 0.1) is 5.92 Å². The molecule has 0 bridgehead atoms. The summed E-state index contributed by atoms with van der Waals surface area (Å²) < 4.78 is 23.4. The fraction of sp³-hybridized carbons (Fsp3) is 0.619. The van der Waals surface area contributed by atoms with Crippen molar-refractivity contribution in [2.24, 2.45) is 5.92 Å². The number of imide groups is 1. The van der Waals surface area contributed by atoms with Gasteiger partial charge in [0.05, 0.1) is 18.6 Å². The first-order valence-electron chi connectivity index (χ1n) is 9.87. The molecule has 1 aromatic rings. The smallest absolute Gasteiger partial charge is 0.414 e. The predicted octanol–water partition coefficient (Wildman–Crippen LogP) is 2.44. The molecule has 2 aliphatic heterocycles. The molecular weight excluding hydrogens is 398 g/mol. The minimum atomic E-state index is -0.809. The highest BCUT2D eigenvalue weighted by atomic mass is 35.5. The van der Waals surface area contributed by atoms with Crippen LogP contribution in [0.1, 0.15) is 25.3 Å². The van der Waals surface area contributed by atoms with Crippen molar-refractivity contribution in [2.45, 2.75) is 55.7 Å². The van der Waals surface area contributed by atoms with Gasteiger partial charge >= 0.3 is 6.09 Å². The number of carbonyl (C=O) groups is 2. The Morgan fingerprint density at radius 1 is 1.31 bits per heavy atom. The molecule has 2 heterocycles. The molecule has 6 atom stereocenters. The lowest BCUT2D eigenvalue weighted by atomic mass is 9.68. The van der Waals surface area contributed by atoms with Crippen LogP contribution in [-0.2, 0) is 30.2 Å². The van der Waals surface area contributed by atoms with Crippen molar-refractivity contribution in [3.05, 3.63) is 35.9 Å². The van der Waals surface area contributed by atoms with Gasteiger partial charge in [-0.25, -0.2) is 4.79 Å². The maximum Gasteiger partial charge on any atom is 0.414 e. The molecule has 0 aromatic heterocycles. The van der Waals surface area contributed by atoms with E-state index < -0.39 is 29.8 Å². The number of methoxy groups -OCH3 is 1. The Bertz CT molecular complexity index is 770. The molecule has 8 heteroatoms. The Morgan fingerprint density at radius 2 is 2.03 bits per heavy atom. The quantitative estimate of drug-likeness (QED) is 0.558. The number of rotatable bonds is 6. The van der Waals surface area contributed by atoms with Gasteiger partial charge in [-0.1, -0.05) is 30.3 Å². The van der Waals surface area contributed by atoms with Crippen LogP contribution in [0.3, 0.4) is 0 Å². The molecule has 3 fully saturated rings. The van der Waals surface area contributed by atoms with E-state index in [0.717, 1.165) is 12.8 Å². The number of hydrogen-bond donors (Lipinski definition) is 1. The molecule has 158 valence electrons. The van der Waals surface area contributed by atoms with Crippen molar-refractivity contribution < 1.29 is 28.5 Å². The lowest BCUT2D eigenvalue weighted by Gasteiger charge is -2.42. The molecule has 1 aliphatic carbocycles. The highest BCUT2D eigenvalue weighted by molar-refractivity contribution is 6.28. The SMILES string of the molecule is CO[C@@H]1[C@H](OC(=O)NC(=O)CCl)CC[C@]2(CO2)[C@H]1[C@]1(C)O[C@@H]1Cc1ccccc1. The van der Waals surface area contributed by atoms with Crippen molar-refractivity contribution in [2.75, 3.05) is 19.6 Å². The topological polar surface area (TPSA) is 89.7 Å². The number of alkyl carbamates (subject to hydrolysis) is 1. The van der Waals surface area contributed by atoms with Crippen LogP contribution in [0.4, 0.5) is 4.79 Å². The second kappa shape index (κ2) is 7.87. The van der Waals surface area contributed by atoms with E-state index >= 15 is 0 Å². The van der Waals surface area contributed by atoms with Gasteiger partial charge < -0.3 is 18.9 Å². The molecule has 1 aromatic carbocycles. The summed E-state index contributed by atoms with van der Waals surface area (Å²) in [6.07, 6.45) is 0.481. The van der Waals surface area contributed by atoms with Crippen LogP contribution in [-0.4, -0.2) is 61.1 Å². The first-order valence-corrected chi connectivity index (χ1v) is 10.4. The lowest BCUT2D eigenvalue weighted by Crippen LogP contribution is -2.56. The number of nitrogens with one attached hydrogen (secondary N) is 1. The van der Waals surface area contributed by atoms with Crippen LogP contribution in [0.5, 0.6) is 0 Å². The molecule has 2 amide bonds. The van der Waals surface area contributed by atoms with Gasteiger partial charge in [0.1, 0.15) is 29.3 Å². The molecule has 1 saturated carbocycles. The zero-order valence-electron chi connectivity index (χ0n) is 16.6. The van der Waals surface area contributed by atoms with E-state index in [9.17, 15) is 9.59 Å². The zero-order chi connectivity index (χ0) is 20.6. The predicted molar refractivity (Wildman–Crippen MR) is 105 cm³/mol. The van der Waals surface area contributed by atoms with Crippen molar-refractivity contribution >= 4 is 23.6 Å². The standard InChI is InChI=1S/C21H26ClNO6/c1-20(15(29-20)10-13-6-4-3-5-7-13)18-17(26-2)14(8-9-21(18)12-27-21)28-19(25)23-16(24)11-22/h3-7,14-15,17-18H,8-12H2,1-2H3,(H,23,24,25)/t14-,15-,17-,18-,20-,21+/m1/s1. The number of carbonyl (C=O) groups excluding carboxylic acids is 2. The Morgan fingerprint density at radius 3 is 2.66 bits per heavy atom. The number of amides is 2. The third-order valence-electron chi connectivity index (χ3n) is 6.38. The lowest BCUT2D eigenvalue weighted by molar-refractivity contribution is -0.124. The van der Waals surface area contributed by atoms with Crippen LogP contribution in [0.25, 0.3) is 0 Å². The third-order valence-corrected chi connectivity index (χ3v) is 6.62. The Labute approximate surface area is 175 Å². The summed E-state index contributed by atoms with van der Waals surface area (Å²) in [4.78, 5) is 23.4. The molecule has 0 unspecified atom stereocenters. The summed E-state index contributed by atoms with van der Waals surface area (Å²) >= 11 is 5.44. The molecular formula is C21H26ClNO6. The Balaban J connectivity index is 1.48. The maximum atomic E-state index is 12.1. The Hall–Kier alpha value is -1.67. The average molecular weight is 424 g/mol. The summed E-state index contributed by atoms with van der Waals surface area (Å²) in [5.41, 5.74) is 0.476. The van der Waals surface area contributed by atoms with Crippen LogP contribution < -0.4 is 5.32 Å². The molecule has 3 aliphatic rings. The maximum absolute atomic E-state index is 12.1. The van der Waals surface area contributed by atoms with Gasteiger partial charge in [-0.3, -0.25) is 10.1 Å². The highest BCUT2D eigenvalue weighted by Gasteiger charge is 2.72. The van der Waals surface area contributed by atoms with E-state index in [1.807, 2.05) is 18.2 Å². The van der Waals surface area contributed by atoms with Crippen molar-refractivity contribution in [1.29, 1.82) is 0 Å². The second-order valence-corrected chi connectivity index (χ2v) is 8.44. The minimum absolute atomic E-state index is 0.0408. The number of benzene rings is 1. The summed E-state index contributed by atoms with van der Waals surface area (Å²) in [5, 5.41) is 2.12. The van der Waals surface area contributed by atoms with Gasteiger partial charge in [0.2, 0.25) is 5.91 Å². The molecule has 4 rings (SSSR count). The van der Waals surface area contributed by atoms with Crippen molar-refractivity contribution in [3.63, 3.8) is 0 Å². The number of ether oxygens (including phenoxy) is 4. The summed E-state index contributed by atoms with van der Waals surface area (Å²) in [5.74, 6) is -0.982.